The van der Waals surface area contributed by atoms with Crippen LogP contribution in [0.4, 0.5) is 5.82 Å². The summed E-state index contributed by atoms with van der Waals surface area (Å²) >= 11 is 0. The molecule has 0 aliphatic carbocycles. The Hall–Kier alpha value is -2.17. The van der Waals surface area contributed by atoms with Crippen molar-refractivity contribution in [1.82, 2.24) is 15.0 Å². The van der Waals surface area contributed by atoms with Crippen LogP contribution in [0.5, 0.6) is 5.88 Å². The second kappa shape index (κ2) is 6.68. The summed E-state index contributed by atoms with van der Waals surface area (Å²) < 4.78 is 5.46. The highest BCUT2D eigenvalue weighted by molar-refractivity contribution is 5.37. The van der Waals surface area contributed by atoms with Crippen LogP contribution in [0.15, 0.2) is 30.7 Å². The molecule has 2 aromatic heterocycles. The van der Waals surface area contributed by atoms with Crippen molar-refractivity contribution in [2.24, 2.45) is 0 Å². The molecular weight excluding hydrogens is 240 g/mol. The maximum Gasteiger partial charge on any atom is 0.218 e. The van der Waals surface area contributed by atoms with E-state index in [1.54, 1.807) is 6.07 Å². The highest BCUT2D eigenvalue weighted by Crippen LogP contribution is 2.12. The lowest BCUT2D eigenvalue weighted by Gasteiger charge is -2.07. The molecule has 0 saturated heterocycles. The predicted octanol–water partition coefficient (Wildman–Crippen LogP) is 2.58. The van der Waals surface area contributed by atoms with E-state index in [0.717, 1.165) is 23.5 Å². The van der Waals surface area contributed by atoms with Crippen molar-refractivity contribution < 1.29 is 4.74 Å². The number of hydrogen-bond donors (Lipinski definition) is 1. The molecule has 0 fully saturated rings. The van der Waals surface area contributed by atoms with Crippen molar-refractivity contribution in [2.75, 3.05) is 11.9 Å². The van der Waals surface area contributed by atoms with E-state index in [1.807, 2.05) is 25.3 Å². The first-order valence-electron chi connectivity index (χ1n) is 6.38. The van der Waals surface area contributed by atoms with E-state index >= 15 is 0 Å². The maximum absolute atomic E-state index is 5.46. The summed E-state index contributed by atoms with van der Waals surface area (Å²) in [6, 6.07) is 5.84. The fourth-order valence-electron chi connectivity index (χ4n) is 1.52. The Morgan fingerprint density at radius 3 is 2.84 bits per heavy atom. The van der Waals surface area contributed by atoms with E-state index in [1.165, 1.54) is 6.33 Å². The van der Waals surface area contributed by atoms with Crippen molar-refractivity contribution in [3.8, 4) is 5.88 Å². The summed E-state index contributed by atoms with van der Waals surface area (Å²) in [5, 5.41) is 3.23. The minimum absolute atomic E-state index is 0.599. The van der Waals surface area contributed by atoms with Crippen LogP contribution in [0.3, 0.4) is 0 Å². The third kappa shape index (κ3) is 4.21. The van der Waals surface area contributed by atoms with Crippen LogP contribution in [-0.2, 0) is 6.54 Å². The molecule has 1 N–H and O–H groups in total. The fraction of sp³-hybridized carbons (Fsp3) is 0.357. The van der Waals surface area contributed by atoms with Crippen LogP contribution in [0, 0.1) is 6.92 Å². The molecule has 5 nitrogen and oxygen atoms in total. The van der Waals surface area contributed by atoms with Crippen LogP contribution in [-0.4, -0.2) is 21.6 Å². The smallest absolute Gasteiger partial charge is 0.218 e. The topological polar surface area (TPSA) is 59.9 Å². The van der Waals surface area contributed by atoms with Gasteiger partial charge in [-0.15, -0.1) is 0 Å². The summed E-state index contributed by atoms with van der Waals surface area (Å²) in [4.78, 5) is 12.5. The first-order chi connectivity index (χ1) is 9.28. The van der Waals surface area contributed by atoms with Crippen LogP contribution >= 0.6 is 0 Å². The lowest BCUT2D eigenvalue weighted by Crippen LogP contribution is -2.04. The van der Waals surface area contributed by atoms with Gasteiger partial charge in [-0.1, -0.05) is 13.0 Å². The second-order valence-corrected chi connectivity index (χ2v) is 4.25. The van der Waals surface area contributed by atoms with Gasteiger partial charge in [0.25, 0.3) is 0 Å². The fourth-order valence-corrected chi connectivity index (χ4v) is 1.52. The van der Waals surface area contributed by atoms with Crippen molar-refractivity contribution in [3.05, 3.63) is 42.0 Å². The zero-order chi connectivity index (χ0) is 13.5. The Bertz CT molecular complexity index is 513. The summed E-state index contributed by atoms with van der Waals surface area (Å²) in [6.07, 6.45) is 4.32. The van der Waals surface area contributed by atoms with Gasteiger partial charge in [0.15, 0.2) is 0 Å². The van der Waals surface area contributed by atoms with Gasteiger partial charge in [-0.25, -0.2) is 9.97 Å². The number of aryl methyl sites for hydroxylation is 1. The number of anilines is 1. The number of nitrogens with one attached hydrogen (secondary N) is 1. The highest BCUT2D eigenvalue weighted by Gasteiger charge is 2.00. The summed E-state index contributed by atoms with van der Waals surface area (Å²) in [6.45, 7) is 5.37. The molecule has 0 atom stereocenters. The number of nitrogens with zero attached hydrogens (tertiary/aromatic N) is 3. The van der Waals surface area contributed by atoms with Gasteiger partial charge in [-0.2, -0.15) is 0 Å². The molecular formula is C14H18N4O. The average Bonchev–Trinajstić information content (AvgIpc) is 2.45. The van der Waals surface area contributed by atoms with E-state index < -0.39 is 0 Å². The number of hydrogen-bond acceptors (Lipinski definition) is 5. The van der Waals surface area contributed by atoms with E-state index in [-0.39, 0.29) is 0 Å². The molecule has 2 aromatic rings. The van der Waals surface area contributed by atoms with E-state index in [0.29, 0.717) is 19.0 Å². The Kier molecular flexibility index (Phi) is 4.66. The Labute approximate surface area is 113 Å². The molecule has 100 valence electrons. The number of pyridine rings is 1. The van der Waals surface area contributed by atoms with Gasteiger partial charge in [0.1, 0.15) is 12.1 Å². The first kappa shape index (κ1) is 13.3. The summed E-state index contributed by atoms with van der Waals surface area (Å²) in [5.74, 6) is 1.35. The van der Waals surface area contributed by atoms with Crippen molar-refractivity contribution in [1.29, 1.82) is 0 Å². The molecule has 0 bridgehead atoms. The maximum atomic E-state index is 5.46. The van der Waals surface area contributed by atoms with Gasteiger partial charge in [-0.3, -0.25) is 4.98 Å². The second-order valence-electron chi connectivity index (χ2n) is 4.25. The van der Waals surface area contributed by atoms with E-state index in [4.69, 9.17) is 4.74 Å². The summed E-state index contributed by atoms with van der Waals surface area (Å²) in [5.41, 5.74) is 2.13. The SMILES string of the molecule is CCCOc1cc(NCc2ccc(C)nc2)ncn1. The van der Waals surface area contributed by atoms with Crippen molar-refractivity contribution >= 4 is 5.82 Å². The molecule has 0 aromatic carbocycles. The monoisotopic (exact) mass is 258 g/mol. The van der Waals surface area contributed by atoms with Crippen LogP contribution < -0.4 is 10.1 Å². The molecule has 5 heteroatoms. The first-order valence-corrected chi connectivity index (χ1v) is 6.38. The standard InChI is InChI=1S/C14H18N4O/c1-3-6-19-14-7-13(17-10-18-14)16-9-12-5-4-11(2)15-8-12/h4-5,7-8,10H,3,6,9H2,1-2H3,(H,16,17,18). The third-order valence-corrected chi connectivity index (χ3v) is 2.54. The normalized spacial score (nSPS) is 10.2. The van der Waals surface area contributed by atoms with Crippen LogP contribution in [0.1, 0.15) is 24.6 Å². The molecule has 0 aliphatic heterocycles. The van der Waals surface area contributed by atoms with Crippen molar-refractivity contribution in [2.45, 2.75) is 26.8 Å². The molecule has 2 rings (SSSR count). The van der Waals surface area contributed by atoms with Gasteiger partial charge >= 0.3 is 0 Å². The van der Waals surface area contributed by atoms with Crippen molar-refractivity contribution in [3.63, 3.8) is 0 Å². The molecule has 0 unspecified atom stereocenters. The van der Waals surface area contributed by atoms with Gasteiger partial charge in [0.05, 0.1) is 6.61 Å². The van der Waals surface area contributed by atoms with E-state index in [2.05, 4.69) is 27.2 Å². The van der Waals surface area contributed by atoms with E-state index in [9.17, 15) is 0 Å². The number of ether oxygens (including phenoxy) is 1. The average molecular weight is 258 g/mol. The molecule has 2 heterocycles. The van der Waals surface area contributed by atoms with Gasteiger partial charge in [0.2, 0.25) is 5.88 Å². The lowest BCUT2D eigenvalue weighted by atomic mass is 10.2. The summed E-state index contributed by atoms with van der Waals surface area (Å²) in [7, 11) is 0. The number of aromatic nitrogens is 3. The molecule has 0 radical (unpaired) electrons. The predicted molar refractivity (Wildman–Crippen MR) is 74.1 cm³/mol. The Morgan fingerprint density at radius 2 is 2.11 bits per heavy atom. The zero-order valence-electron chi connectivity index (χ0n) is 11.3. The minimum Gasteiger partial charge on any atom is -0.478 e. The Morgan fingerprint density at radius 1 is 1.21 bits per heavy atom. The third-order valence-electron chi connectivity index (χ3n) is 2.54. The van der Waals surface area contributed by atoms with Crippen LogP contribution in [0.2, 0.25) is 0 Å². The highest BCUT2D eigenvalue weighted by atomic mass is 16.5. The van der Waals surface area contributed by atoms with Gasteiger partial charge in [0, 0.05) is 24.5 Å². The molecule has 0 spiro atoms. The largest absolute Gasteiger partial charge is 0.478 e. The zero-order valence-corrected chi connectivity index (χ0v) is 11.3. The van der Waals surface area contributed by atoms with Gasteiger partial charge in [-0.05, 0) is 25.0 Å². The Balaban J connectivity index is 1.93. The van der Waals surface area contributed by atoms with Gasteiger partial charge < -0.3 is 10.1 Å². The van der Waals surface area contributed by atoms with Crippen LogP contribution in [0.25, 0.3) is 0 Å². The molecule has 0 amide bonds. The molecule has 0 saturated carbocycles. The quantitative estimate of drug-likeness (QED) is 0.863. The molecule has 0 aliphatic rings. The molecule has 19 heavy (non-hydrogen) atoms. The number of rotatable bonds is 6. The minimum atomic E-state index is 0.599. The lowest BCUT2D eigenvalue weighted by molar-refractivity contribution is 0.305.